The van der Waals surface area contributed by atoms with E-state index in [1.54, 1.807) is 13.0 Å². The molecular weight excluding hydrogens is 311 g/mol. The van der Waals surface area contributed by atoms with E-state index < -0.39 is 7.82 Å². The summed E-state index contributed by atoms with van der Waals surface area (Å²) in [4.78, 5) is 0. The van der Waals surface area contributed by atoms with Gasteiger partial charge in [-0.3, -0.25) is 4.52 Å². The minimum atomic E-state index is -3.60. The van der Waals surface area contributed by atoms with E-state index in [0.717, 1.165) is 6.42 Å². The Hall–Kier alpha value is -1.25. The fourth-order valence-electron chi connectivity index (χ4n) is 2.29. The number of rotatable bonds is 10. The zero-order valence-corrected chi connectivity index (χ0v) is 15.8. The monoisotopic (exact) mass is 340 g/mol. The average molecular weight is 340 g/mol. The summed E-state index contributed by atoms with van der Waals surface area (Å²) in [6.07, 6.45) is 7.76. The Morgan fingerprint density at radius 1 is 1.17 bits per heavy atom. The van der Waals surface area contributed by atoms with E-state index in [9.17, 15) is 4.57 Å². The summed E-state index contributed by atoms with van der Waals surface area (Å²) in [5.41, 5.74) is 1.35. The lowest BCUT2D eigenvalue weighted by Gasteiger charge is -2.25. The van der Waals surface area contributed by atoms with E-state index in [4.69, 9.17) is 13.6 Å². The van der Waals surface area contributed by atoms with Gasteiger partial charge in [0.2, 0.25) is 0 Å². The Morgan fingerprint density at radius 2 is 1.83 bits per heavy atom. The van der Waals surface area contributed by atoms with E-state index in [0.29, 0.717) is 5.75 Å². The molecule has 0 bridgehead atoms. The minimum absolute atomic E-state index is 0.111. The van der Waals surface area contributed by atoms with Crippen LogP contribution in [0.1, 0.15) is 58.9 Å². The maximum absolute atomic E-state index is 12.2. The number of allylic oxidation sites excluding steroid dienone is 1. The first-order chi connectivity index (χ1) is 10.9. The van der Waals surface area contributed by atoms with Crippen LogP contribution >= 0.6 is 7.82 Å². The number of benzene rings is 1. The first-order valence-corrected chi connectivity index (χ1v) is 9.58. The zero-order chi connectivity index (χ0) is 17.3. The van der Waals surface area contributed by atoms with Crippen molar-refractivity contribution in [3.8, 4) is 5.75 Å². The summed E-state index contributed by atoms with van der Waals surface area (Å²) < 4.78 is 27.5. The fraction of sp³-hybridized carbons (Fsp3) is 0.556. The summed E-state index contributed by atoms with van der Waals surface area (Å²) in [5.74, 6) is 0.466. The molecule has 1 rings (SSSR count). The number of unbranched alkanes of at least 4 members (excludes halogenated alkanes) is 2. The molecule has 0 aliphatic carbocycles. The van der Waals surface area contributed by atoms with Gasteiger partial charge in [-0.2, -0.15) is 0 Å². The molecule has 130 valence electrons. The molecule has 0 radical (unpaired) electrons. The van der Waals surface area contributed by atoms with Gasteiger partial charge in [0.15, 0.2) is 0 Å². The van der Waals surface area contributed by atoms with Crippen LogP contribution in [-0.2, 0) is 19.0 Å². The standard InChI is InChI=1S/C18H29O4P/c1-6-8-9-14-18(3,4)16-10-12-17(13-11-16)22-23(19,20-5)21-15-7-2/h7,10-13,15H,6,8-9,14H2,1-5H3. The second-order valence-corrected chi connectivity index (χ2v) is 7.81. The molecule has 0 aliphatic heterocycles. The van der Waals surface area contributed by atoms with Gasteiger partial charge in [-0.15, -0.1) is 0 Å². The van der Waals surface area contributed by atoms with Crippen LogP contribution in [0.2, 0.25) is 0 Å². The third-order valence-corrected chi connectivity index (χ3v) is 5.07. The third-order valence-electron chi connectivity index (χ3n) is 3.81. The van der Waals surface area contributed by atoms with Crippen molar-refractivity contribution >= 4 is 7.82 Å². The first kappa shape index (κ1) is 19.8. The normalized spacial score (nSPS) is 14.7. The van der Waals surface area contributed by atoms with Crippen LogP contribution in [0.25, 0.3) is 0 Å². The number of phosphoric ester groups is 1. The fourth-order valence-corrected chi connectivity index (χ4v) is 3.15. The molecule has 5 heteroatoms. The van der Waals surface area contributed by atoms with Crippen LogP contribution in [-0.4, -0.2) is 7.11 Å². The highest BCUT2D eigenvalue weighted by atomic mass is 31.2. The molecule has 4 nitrogen and oxygen atoms in total. The van der Waals surface area contributed by atoms with Gasteiger partial charge in [0.05, 0.1) is 6.26 Å². The molecule has 0 fully saturated rings. The van der Waals surface area contributed by atoms with E-state index in [-0.39, 0.29) is 5.41 Å². The van der Waals surface area contributed by atoms with E-state index in [1.807, 2.05) is 24.3 Å². The van der Waals surface area contributed by atoms with E-state index in [1.165, 1.54) is 38.2 Å². The first-order valence-electron chi connectivity index (χ1n) is 8.12. The minimum Gasteiger partial charge on any atom is -0.403 e. The van der Waals surface area contributed by atoms with Crippen molar-refractivity contribution in [1.29, 1.82) is 0 Å². The van der Waals surface area contributed by atoms with Crippen molar-refractivity contribution in [3.05, 3.63) is 42.2 Å². The predicted octanol–water partition coefficient (Wildman–Crippen LogP) is 6.23. The summed E-state index contributed by atoms with van der Waals surface area (Å²) in [6.45, 7) is 8.46. The Balaban J connectivity index is 2.77. The highest BCUT2D eigenvalue weighted by molar-refractivity contribution is 7.49. The molecule has 0 aromatic heterocycles. The van der Waals surface area contributed by atoms with Crippen LogP contribution in [0.4, 0.5) is 0 Å². The van der Waals surface area contributed by atoms with Gasteiger partial charge in [-0.05, 0) is 36.5 Å². The molecular formula is C18H29O4P. The lowest BCUT2D eigenvalue weighted by molar-refractivity contribution is 0.229. The molecule has 0 aliphatic rings. The van der Waals surface area contributed by atoms with Gasteiger partial charge in [0, 0.05) is 7.11 Å². The van der Waals surface area contributed by atoms with Gasteiger partial charge in [0.25, 0.3) is 0 Å². The second-order valence-electron chi connectivity index (χ2n) is 6.16. The van der Waals surface area contributed by atoms with Crippen LogP contribution in [0.15, 0.2) is 36.6 Å². The average Bonchev–Trinajstić information content (AvgIpc) is 2.53. The Bertz CT molecular complexity index is 534. The van der Waals surface area contributed by atoms with Crippen LogP contribution < -0.4 is 4.52 Å². The van der Waals surface area contributed by atoms with Crippen LogP contribution in [0, 0.1) is 0 Å². The van der Waals surface area contributed by atoms with Crippen molar-refractivity contribution in [1.82, 2.24) is 0 Å². The topological polar surface area (TPSA) is 44.8 Å². The molecule has 0 saturated carbocycles. The summed E-state index contributed by atoms with van der Waals surface area (Å²) >= 11 is 0. The lowest BCUT2D eigenvalue weighted by atomic mass is 9.80. The molecule has 0 saturated heterocycles. The molecule has 0 spiro atoms. The van der Waals surface area contributed by atoms with Gasteiger partial charge >= 0.3 is 7.82 Å². The maximum Gasteiger partial charge on any atom is 0.586 e. The second kappa shape index (κ2) is 9.14. The van der Waals surface area contributed by atoms with Gasteiger partial charge in [0.1, 0.15) is 5.75 Å². The van der Waals surface area contributed by atoms with Crippen LogP contribution in [0.3, 0.4) is 0 Å². The molecule has 1 aromatic rings. The molecule has 1 atom stereocenters. The predicted molar refractivity (Wildman–Crippen MR) is 94.8 cm³/mol. The Labute approximate surface area is 140 Å². The largest absolute Gasteiger partial charge is 0.586 e. The number of hydrogen-bond donors (Lipinski definition) is 0. The van der Waals surface area contributed by atoms with Gasteiger partial charge in [-0.1, -0.05) is 58.2 Å². The molecule has 0 N–H and O–H groups in total. The molecule has 1 aromatic carbocycles. The van der Waals surface area contributed by atoms with Gasteiger partial charge in [-0.25, -0.2) is 4.57 Å². The molecule has 0 amide bonds. The SMILES string of the molecule is CC=COP(=O)(OC)Oc1ccc(C(C)(C)CCCCC)cc1. The quantitative estimate of drug-likeness (QED) is 0.288. The lowest BCUT2D eigenvalue weighted by Crippen LogP contribution is -2.16. The Morgan fingerprint density at radius 3 is 2.35 bits per heavy atom. The summed E-state index contributed by atoms with van der Waals surface area (Å²) in [7, 11) is -2.30. The summed E-state index contributed by atoms with van der Waals surface area (Å²) in [5, 5.41) is 0. The van der Waals surface area contributed by atoms with Crippen molar-refractivity contribution < 1.29 is 18.1 Å². The number of hydrogen-bond acceptors (Lipinski definition) is 4. The Kier molecular flexibility index (Phi) is 7.87. The smallest absolute Gasteiger partial charge is 0.403 e. The molecule has 23 heavy (non-hydrogen) atoms. The zero-order valence-electron chi connectivity index (χ0n) is 14.9. The summed E-state index contributed by atoms with van der Waals surface area (Å²) in [6, 6.07) is 7.64. The van der Waals surface area contributed by atoms with Crippen molar-refractivity contribution in [3.63, 3.8) is 0 Å². The molecule has 1 unspecified atom stereocenters. The van der Waals surface area contributed by atoms with E-state index >= 15 is 0 Å². The molecule has 0 heterocycles. The maximum atomic E-state index is 12.2. The van der Waals surface area contributed by atoms with Crippen molar-refractivity contribution in [2.24, 2.45) is 0 Å². The highest BCUT2D eigenvalue weighted by Gasteiger charge is 2.27. The van der Waals surface area contributed by atoms with E-state index in [2.05, 4.69) is 20.8 Å². The van der Waals surface area contributed by atoms with Crippen molar-refractivity contribution in [2.75, 3.05) is 7.11 Å². The highest BCUT2D eigenvalue weighted by Crippen LogP contribution is 2.49. The number of phosphoric acid groups is 1. The van der Waals surface area contributed by atoms with Crippen molar-refractivity contribution in [2.45, 2.75) is 58.8 Å². The van der Waals surface area contributed by atoms with Crippen LogP contribution in [0.5, 0.6) is 5.75 Å². The van der Waals surface area contributed by atoms with Gasteiger partial charge < -0.3 is 9.05 Å². The third kappa shape index (κ3) is 6.40.